The average Bonchev–Trinajstić information content (AvgIpc) is 2.71. The molecular formula is C22H21N3O3. The Bertz CT molecular complexity index is 1030. The van der Waals surface area contributed by atoms with Gasteiger partial charge in [-0.2, -0.15) is 0 Å². The lowest BCUT2D eigenvalue weighted by molar-refractivity contribution is 0.0601. The molecule has 6 nitrogen and oxygen atoms in total. The van der Waals surface area contributed by atoms with Gasteiger partial charge >= 0.3 is 5.97 Å². The zero-order valence-electron chi connectivity index (χ0n) is 15.9. The maximum Gasteiger partial charge on any atom is 0.339 e. The summed E-state index contributed by atoms with van der Waals surface area (Å²) in [4.78, 5) is 28.7. The Morgan fingerprint density at radius 3 is 2.50 bits per heavy atom. The van der Waals surface area contributed by atoms with E-state index in [1.165, 1.54) is 7.11 Å². The first kappa shape index (κ1) is 19.1. The van der Waals surface area contributed by atoms with Gasteiger partial charge in [0.2, 0.25) is 0 Å². The largest absolute Gasteiger partial charge is 0.465 e. The van der Waals surface area contributed by atoms with Gasteiger partial charge in [0.05, 0.1) is 18.4 Å². The van der Waals surface area contributed by atoms with Crippen LogP contribution in [0.4, 0.5) is 17.1 Å². The molecule has 28 heavy (non-hydrogen) atoms. The zero-order chi connectivity index (χ0) is 20.1. The Morgan fingerprint density at radius 2 is 1.71 bits per heavy atom. The van der Waals surface area contributed by atoms with Gasteiger partial charge < -0.3 is 15.4 Å². The highest BCUT2D eigenvalue weighted by atomic mass is 16.5. The molecule has 1 aromatic heterocycles. The number of carbonyl (C=O) groups is 2. The Morgan fingerprint density at radius 1 is 0.964 bits per heavy atom. The number of benzene rings is 2. The minimum absolute atomic E-state index is 0.265. The van der Waals surface area contributed by atoms with Crippen LogP contribution in [0, 0.1) is 13.8 Å². The minimum atomic E-state index is -0.440. The summed E-state index contributed by atoms with van der Waals surface area (Å²) >= 11 is 0. The van der Waals surface area contributed by atoms with Gasteiger partial charge in [-0.05, 0) is 55.3 Å². The van der Waals surface area contributed by atoms with Crippen molar-refractivity contribution in [2.75, 3.05) is 17.7 Å². The summed E-state index contributed by atoms with van der Waals surface area (Å²) < 4.78 is 4.81. The molecule has 0 aliphatic carbocycles. The van der Waals surface area contributed by atoms with Crippen LogP contribution in [-0.4, -0.2) is 24.0 Å². The monoisotopic (exact) mass is 375 g/mol. The van der Waals surface area contributed by atoms with E-state index in [0.29, 0.717) is 16.9 Å². The van der Waals surface area contributed by atoms with Crippen molar-refractivity contribution in [3.05, 3.63) is 83.2 Å². The number of aryl methyl sites for hydroxylation is 1. The van der Waals surface area contributed by atoms with Crippen LogP contribution in [-0.2, 0) is 4.74 Å². The molecule has 0 spiro atoms. The third kappa shape index (κ3) is 4.17. The highest BCUT2D eigenvalue weighted by Crippen LogP contribution is 2.23. The predicted octanol–water partition coefficient (Wildman–Crippen LogP) is 4.48. The number of methoxy groups -OCH3 is 1. The third-order valence-electron chi connectivity index (χ3n) is 4.46. The summed E-state index contributed by atoms with van der Waals surface area (Å²) in [6.07, 6.45) is 1.54. The van der Waals surface area contributed by atoms with Gasteiger partial charge in [0.1, 0.15) is 5.69 Å². The normalized spacial score (nSPS) is 10.2. The fraction of sp³-hybridized carbons (Fsp3) is 0.136. The maximum absolute atomic E-state index is 12.6. The van der Waals surface area contributed by atoms with E-state index in [-0.39, 0.29) is 11.6 Å². The SMILES string of the molecule is COC(=O)c1ccccc1Nc1ccnc(C(=O)Nc2cccc(C)c2C)c1. The van der Waals surface area contributed by atoms with Crippen LogP contribution < -0.4 is 10.6 Å². The summed E-state index contributed by atoms with van der Waals surface area (Å²) in [5, 5.41) is 6.04. The molecule has 0 aliphatic rings. The van der Waals surface area contributed by atoms with Crippen molar-refractivity contribution < 1.29 is 14.3 Å². The summed E-state index contributed by atoms with van der Waals surface area (Å²) in [6.45, 7) is 3.95. The lowest BCUT2D eigenvalue weighted by Gasteiger charge is -2.12. The topological polar surface area (TPSA) is 80.3 Å². The molecule has 6 heteroatoms. The number of hydrogen-bond acceptors (Lipinski definition) is 5. The number of aromatic nitrogens is 1. The molecule has 1 amide bonds. The molecule has 0 saturated carbocycles. The molecule has 3 aromatic rings. The quantitative estimate of drug-likeness (QED) is 0.643. The number of ether oxygens (including phenoxy) is 1. The summed E-state index contributed by atoms with van der Waals surface area (Å²) in [5.41, 5.74) is 4.75. The molecule has 2 N–H and O–H groups in total. The standard InChI is InChI=1S/C22H21N3O3/c1-14-7-6-10-18(15(14)2)25-21(26)20-13-16(11-12-23-20)24-19-9-5-4-8-17(19)22(27)28-3/h4-13H,1-3H3,(H,23,24)(H,25,26). The third-order valence-corrected chi connectivity index (χ3v) is 4.46. The van der Waals surface area contributed by atoms with Crippen molar-refractivity contribution in [1.82, 2.24) is 4.98 Å². The molecule has 2 aromatic carbocycles. The Labute approximate surface area is 163 Å². The average molecular weight is 375 g/mol. The molecule has 0 fully saturated rings. The van der Waals surface area contributed by atoms with E-state index < -0.39 is 5.97 Å². The number of pyridine rings is 1. The van der Waals surface area contributed by atoms with E-state index in [9.17, 15) is 9.59 Å². The fourth-order valence-electron chi connectivity index (χ4n) is 2.74. The van der Waals surface area contributed by atoms with Gasteiger partial charge in [0, 0.05) is 17.6 Å². The minimum Gasteiger partial charge on any atom is -0.465 e. The van der Waals surface area contributed by atoms with Crippen molar-refractivity contribution >= 4 is 28.9 Å². The van der Waals surface area contributed by atoms with E-state index in [0.717, 1.165) is 16.8 Å². The van der Waals surface area contributed by atoms with Crippen molar-refractivity contribution in [3.63, 3.8) is 0 Å². The van der Waals surface area contributed by atoms with Gasteiger partial charge in [-0.15, -0.1) is 0 Å². The first-order valence-corrected chi connectivity index (χ1v) is 8.77. The summed E-state index contributed by atoms with van der Waals surface area (Å²) in [6, 6.07) is 16.1. The molecule has 142 valence electrons. The molecular weight excluding hydrogens is 354 g/mol. The maximum atomic E-state index is 12.6. The fourth-order valence-corrected chi connectivity index (χ4v) is 2.74. The second-order valence-corrected chi connectivity index (χ2v) is 6.29. The van der Waals surface area contributed by atoms with Crippen LogP contribution in [0.25, 0.3) is 0 Å². The Hall–Kier alpha value is -3.67. The number of amides is 1. The van der Waals surface area contributed by atoms with Crippen LogP contribution in [0.1, 0.15) is 32.0 Å². The number of para-hydroxylation sites is 1. The van der Waals surface area contributed by atoms with E-state index in [1.807, 2.05) is 38.1 Å². The van der Waals surface area contributed by atoms with Gasteiger partial charge in [0.15, 0.2) is 0 Å². The van der Waals surface area contributed by atoms with Crippen LogP contribution in [0.3, 0.4) is 0 Å². The van der Waals surface area contributed by atoms with Gasteiger partial charge in [-0.3, -0.25) is 9.78 Å². The lowest BCUT2D eigenvalue weighted by Crippen LogP contribution is -2.15. The van der Waals surface area contributed by atoms with Gasteiger partial charge in [-0.25, -0.2) is 4.79 Å². The van der Waals surface area contributed by atoms with Crippen LogP contribution >= 0.6 is 0 Å². The molecule has 0 radical (unpaired) electrons. The highest BCUT2D eigenvalue weighted by molar-refractivity contribution is 6.04. The predicted molar refractivity (Wildman–Crippen MR) is 109 cm³/mol. The smallest absolute Gasteiger partial charge is 0.339 e. The Balaban J connectivity index is 1.82. The number of anilines is 3. The zero-order valence-corrected chi connectivity index (χ0v) is 15.9. The molecule has 1 heterocycles. The summed E-state index contributed by atoms with van der Waals surface area (Å²) in [7, 11) is 1.33. The van der Waals surface area contributed by atoms with Gasteiger partial charge in [0.25, 0.3) is 5.91 Å². The van der Waals surface area contributed by atoms with Crippen LogP contribution in [0.5, 0.6) is 0 Å². The van der Waals surface area contributed by atoms with Crippen molar-refractivity contribution in [2.24, 2.45) is 0 Å². The van der Waals surface area contributed by atoms with E-state index >= 15 is 0 Å². The van der Waals surface area contributed by atoms with E-state index in [2.05, 4.69) is 15.6 Å². The number of rotatable bonds is 5. The lowest BCUT2D eigenvalue weighted by atomic mass is 10.1. The number of hydrogen-bond donors (Lipinski definition) is 2. The number of nitrogens with one attached hydrogen (secondary N) is 2. The van der Waals surface area contributed by atoms with Gasteiger partial charge in [-0.1, -0.05) is 24.3 Å². The van der Waals surface area contributed by atoms with Crippen molar-refractivity contribution in [1.29, 1.82) is 0 Å². The molecule has 0 saturated heterocycles. The molecule has 3 rings (SSSR count). The molecule has 0 bridgehead atoms. The Kier molecular flexibility index (Phi) is 5.69. The molecule has 0 atom stereocenters. The van der Waals surface area contributed by atoms with Crippen LogP contribution in [0.2, 0.25) is 0 Å². The first-order chi connectivity index (χ1) is 13.5. The van der Waals surface area contributed by atoms with Crippen LogP contribution in [0.15, 0.2) is 60.8 Å². The number of esters is 1. The van der Waals surface area contributed by atoms with E-state index in [1.54, 1.807) is 36.5 Å². The highest BCUT2D eigenvalue weighted by Gasteiger charge is 2.13. The number of nitrogens with zero attached hydrogens (tertiary/aromatic N) is 1. The second kappa shape index (κ2) is 8.35. The molecule has 0 unspecified atom stereocenters. The van der Waals surface area contributed by atoms with Crippen molar-refractivity contribution in [3.8, 4) is 0 Å². The second-order valence-electron chi connectivity index (χ2n) is 6.29. The molecule has 0 aliphatic heterocycles. The first-order valence-electron chi connectivity index (χ1n) is 8.77. The van der Waals surface area contributed by atoms with E-state index in [4.69, 9.17) is 4.74 Å². The summed E-state index contributed by atoms with van der Waals surface area (Å²) in [5.74, 6) is -0.747. The number of carbonyl (C=O) groups excluding carboxylic acids is 2. The van der Waals surface area contributed by atoms with Crippen molar-refractivity contribution in [2.45, 2.75) is 13.8 Å².